The van der Waals surface area contributed by atoms with Crippen LogP contribution < -0.4 is 5.32 Å². The molecule has 14 heavy (non-hydrogen) atoms. The Labute approximate surface area is 87.5 Å². The molecular weight excluding hydrogens is 176 g/mol. The lowest BCUT2D eigenvalue weighted by molar-refractivity contribution is 0.283. The van der Waals surface area contributed by atoms with E-state index in [4.69, 9.17) is 5.11 Å². The molecule has 0 saturated carbocycles. The van der Waals surface area contributed by atoms with E-state index >= 15 is 0 Å². The molecule has 1 rings (SSSR count). The van der Waals surface area contributed by atoms with Crippen LogP contribution >= 0.6 is 0 Å². The highest BCUT2D eigenvalue weighted by Gasteiger charge is 2.13. The molecule has 1 aliphatic heterocycles. The summed E-state index contributed by atoms with van der Waals surface area (Å²) in [5.74, 6) is 0.846. The van der Waals surface area contributed by atoms with Crippen molar-refractivity contribution >= 4 is 0 Å². The predicted molar refractivity (Wildman–Crippen MR) is 59.4 cm³/mol. The topological polar surface area (TPSA) is 35.5 Å². The van der Waals surface area contributed by atoms with Crippen LogP contribution in [0.5, 0.6) is 0 Å². The maximum atomic E-state index is 8.64. The first-order valence-electron chi connectivity index (χ1n) is 5.83. The minimum atomic E-state index is 0.306. The SMILES string of the molecule is CN1CCCC(CNCCCO)CC1. The Kier molecular flexibility index (Phi) is 6.15. The van der Waals surface area contributed by atoms with Crippen molar-refractivity contribution in [2.75, 3.05) is 39.8 Å². The quantitative estimate of drug-likeness (QED) is 0.641. The Hall–Kier alpha value is -0.120. The van der Waals surface area contributed by atoms with Crippen molar-refractivity contribution in [2.24, 2.45) is 5.92 Å². The number of nitrogens with one attached hydrogen (secondary N) is 1. The molecule has 0 spiro atoms. The summed E-state index contributed by atoms with van der Waals surface area (Å²) in [6, 6.07) is 0. The van der Waals surface area contributed by atoms with Gasteiger partial charge >= 0.3 is 0 Å². The van der Waals surface area contributed by atoms with Gasteiger partial charge in [-0.05, 0) is 64.8 Å². The largest absolute Gasteiger partial charge is 0.396 e. The van der Waals surface area contributed by atoms with E-state index in [1.54, 1.807) is 0 Å². The molecule has 1 fully saturated rings. The van der Waals surface area contributed by atoms with Gasteiger partial charge in [0.2, 0.25) is 0 Å². The number of hydrogen-bond acceptors (Lipinski definition) is 3. The van der Waals surface area contributed by atoms with E-state index in [1.165, 1.54) is 32.4 Å². The third-order valence-corrected chi connectivity index (χ3v) is 3.02. The van der Waals surface area contributed by atoms with Gasteiger partial charge in [0.05, 0.1) is 0 Å². The molecule has 0 aliphatic carbocycles. The van der Waals surface area contributed by atoms with Crippen LogP contribution in [0.2, 0.25) is 0 Å². The average Bonchev–Trinajstić information content (AvgIpc) is 2.38. The Morgan fingerprint density at radius 3 is 3.00 bits per heavy atom. The van der Waals surface area contributed by atoms with E-state index in [0.717, 1.165) is 25.4 Å². The van der Waals surface area contributed by atoms with E-state index < -0.39 is 0 Å². The van der Waals surface area contributed by atoms with Crippen molar-refractivity contribution in [1.82, 2.24) is 10.2 Å². The molecular formula is C11H24N2O. The molecule has 1 saturated heterocycles. The molecule has 0 bridgehead atoms. The third-order valence-electron chi connectivity index (χ3n) is 3.02. The van der Waals surface area contributed by atoms with Crippen LogP contribution in [0, 0.1) is 5.92 Å². The first-order chi connectivity index (χ1) is 6.83. The zero-order valence-electron chi connectivity index (χ0n) is 9.34. The van der Waals surface area contributed by atoms with E-state index in [9.17, 15) is 0 Å². The lowest BCUT2D eigenvalue weighted by atomic mass is 10.0. The van der Waals surface area contributed by atoms with Gasteiger partial charge in [0.25, 0.3) is 0 Å². The van der Waals surface area contributed by atoms with Crippen LogP contribution in [0.15, 0.2) is 0 Å². The zero-order valence-corrected chi connectivity index (χ0v) is 9.34. The molecule has 3 nitrogen and oxygen atoms in total. The maximum Gasteiger partial charge on any atom is 0.0443 e. The van der Waals surface area contributed by atoms with E-state index in [1.807, 2.05) is 0 Å². The average molecular weight is 200 g/mol. The van der Waals surface area contributed by atoms with Crippen molar-refractivity contribution in [3.63, 3.8) is 0 Å². The van der Waals surface area contributed by atoms with Crippen LogP contribution in [0.4, 0.5) is 0 Å². The second kappa shape index (κ2) is 7.21. The lowest BCUT2D eigenvalue weighted by Gasteiger charge is -2.15. The summed E-state index contributed by atoms with van der Waals surface area (Å²) in [6.45, 7) is 4.90. The number of aliphatic hydroxyl groups excluding tert-OH is 1. The van der Waals surface area contributed by atoms with Gasteiger partial charge in [0, 0.05) is 6.61 Å². The highest BCUT2D eigenvalue weighted by atomic mass is 16.3. The fourth-order valence-electron chi connectivity index (χ4n) is 2.02. The Bertz CT molecular complexity index is 141. The molecule has 0 aromatic carbocycles. The predicted octanol–water partition coefficient (Wildman–Crippen LogP) is 0.690. The van der Waals surface area contributed by atoms with Gasteiger partial charge in [-0.2, -0.15) is 0 Å². The summed E-state index contributed by atoms with van der Waals surface area (Å²) in [6.07, 6.45) is 4.90. The maximum absolute atomic E-state index is 8.64. The van der Waals surface area contributed by atoms with Crippen LogP contribution in [-0.4, -0.2) is 49.8 Å². The van der Waals surface area contributed by atoms with Crippen molar-refractivity contribution in [2.45, 2.75) is 25.7 Å². The highest BCUT2D eigenvalue weighted by molar-refractivity contribution is 4.69. The van der Waals surface area contributed by atoms with E-state index in [2.05, 4.69) is 17.3 Å². The molecule has 0 amide bonds. The van der Waals surface area contributed by atoms with Gasteiger partial charge in [-0.1, -0.05) is 0 Å². The summed E-state index contributed by atoms with van der Waals surface area (Å²) in [7, 11) is 2.21. The van der Waals surface area contributed by atoms with Crippen molar-refractivity contribution < 1.29 is 5.11 Å². The molecule has 84 valence electrons. The molecule has 2 N–H and O–H groups in total. The van der Waals surface area contributed by atoms with Crippen molar-refractivity contribution in [3.8, 4) is 0 Å². The number of nitrogens with zero attached hydrogens (tertiary/aromatic N) is 1. The third kappa shape index (κ3) is 4.94. The second-order valence-corrected chi connectivity index (χ2v) is 4.38. The molecule has 0 radical (unpaired) electrons. The Morgan fingerprint density at radius 2 is 2.21 bits per heavy atom. The van der Waals surface area contributed by atoms with Gasteiger partial charge in [0.1, 0.15) is 0 Å². The summed E-state index contributed by atoms with van der Waals surface area (Å²) in [4.78, 5) is 2.42. The fourth-order valence-corrected chi connectivity index (χ4v) is 2.02. The minimum absolute atomic E-state index is 0.306. The van der Waals surface area contributed by atoms with Crippen LogP contribution in [-0.2, 0) is 0 Å². The Morgan fingerprint density at radius 1 is 1.36 bits per heavy atom. The molecule has 1 unspecified atom stereocenters. The summed E-state index contributed by atoms with van der Waals surface area (Å²) in [5.41, 5.74) is 0. The Balaban J connectivity index is 2.05. The summed E-state index contributed by atoms with van der Waals surface area (Å²) >= 11 is 0. The fraction of sp³-hybridized carbons (Fsp3) is 1.00. The molecule has 3 heteroatoms. The number of aliphatic hydroxyl groups is 1. The van der Waals surface area contributed by atoms with Gasteiger partial charge < -0.3 is 15.3 Å². The highest BCUT2D eigenvalue weighted by Crippen LogP contribution is 2.15. The zero-order chi connectivity index (χ0) is 10.2. The molecule has 1 heterocycles. The number of hydrogen-bond donors (Lipinski definition) is 2. The van der Waals surface area contributed by atoms with Crippen LogP contribution in [0.25, 0.3) is 0 Å². The van der Waals surface area contributed by atoms with Crippen molar-refractivity contribution in [1.29, 1.82) is 0 Å². The van der Waals surface area contributed by atoms with Gasteiger partial charge in [-0.3, -0.25) is 0 Å². The number of likely N-dealkylation sites (tertiary alicyclic amines) is 1. The van der Waals surface area contributed by atoms with Crippen LogP contribution in [0.3, 0.4) is 0 Å². The van der Waals surface area contributed by atoms with Crippen molar-refractivity contribution in [3.05, 3.63) is 0 Å². The molecule has 1 aliphatic rings. The van der Waals surface area contributed by atoms with Crippen LogP contribution in [0.1, 0.15) is 25.7 Å². The standard InChI is InChI=1S/C11H24N2O/c1-13-7-2-4-11(5-8-13)10-12-6-3-9-14/h11-12,14H,2-10H2,1H3. The first-order valence-corrected chi connectivity index (χ1v) is 5.83. The summed E-state index contributed by atoms with van der Waals surface area (Å²) < 4.78 is 0. The van der Waals surface area contributed by atoms with E-state index in [-0.39, 0.29) is 0 Å². The number of rotatable bonds is 5. The first kappa shape index (κ1) is 12.0. The molecule has 1 atom stereocenters. The smallest absolute Gasteiger partial charge is 0.0443 e. The molecule has 0 aromatic rings. The minimum Gasteiger partial charge on any atom is -0.396 e. The van der Waals surface area contributed by atoms with Gasteiger partial charge in [-0.15, -0.1) is 0 Å². The van der Waals surface area contributed by atoms with Gasteiger partial charge in [0.15, 0.2) is 0 Å². The summed E-state index contributed by atoms with van der Waals surface area (Å²) in [5, 5.41) is 12.1. The van der Waals surface area contributed by atoms with E-state index in [0.29, 0.717) is 6.61 Å². The lowest BCUT2D eigenvalue weighted by Crippen LogP contribution is -2.25. The van der Waals surface area contributed by atoms with Gasteiger partial charge in [-0.25, -0.2) is 0 Å². The second-order valence-electron chi connectivity index (χ2n) is 4.38. The molecule has 0 aromatic heterocycles. The normalized spacial score (nSPS) is 24.9. The monoisotopic (exact) mass is 200 g/mol.